The number of amides is 1. The number of carbonyl (C=O) groups is 2. The second-order valence-corrected chi connectivity index (χ2v) is 3.74. The van der Waals surface area contributed by atoms with Crippen molar-refractivity contribution < 1.29 is 14.3 Å². The summed E-state index contributed by atoms with van der Waals surface area (Å²) >= 11 is 0. The Morgan fingerprint density at radius 1 is 1.31 bits per heavy atom. The highest BCUT2D eigenvalue weighted by molar-refractivity contribution is 5.83. The van der Waals surface area contributed by atoms with Crippen LogP contribution in [-0.2, 0) is 14.3 Å². The summed E-state index contributed by atoms with van der Waals surface area (Å²) in [5.74, 6) is -0.217. The fourth-order valence-electron chi connectivity index (χ4n) is 1.46. The van der Waals surface area contributed by atoms with Crippen LogP contribution in [-0.4, -0.2) is 43.5 Å². The van der Waals surface area contributed by atoms with Crippen molar-refractivity contribution in [2.24, 2.45) is 11.7 Å². The van der Waals surface area contributed by atoms with E-state index in [4.69, 9.17) is 5.73 Å². The van der Waals surface area contributed by atoms with Crippen molar-refractivity contribution in [3.05, 3.63) is 0 Å². The van der Waals surface area contributed by atoms with E-state index in [0.29, 0.717) is 12.5 Å². The molecule has 0 unspecified atom stereocenters. The van der Waals surface area contributed by atoms with Gasteiger partial charge in [0.05, 0.1) is 13.7 Å². The minimum absolute atomic E-state index is 0.0109. The van der Waals surface area contributed by atoms with E-state index in [9.17, 15) is 9.59 Å². The summed E-state index contributed by atoms with van der Waals surface area (Å²) in [4.78, 5) is 24.1. The van der Waals surface area contributed by atoms with Crippen LogP contribution in [0, 0.1) is 5.92 Å². The maximum absolute atomic E-state index is 11.5. The Morgan fingerprint density at radius 3 is 2.25 bits per heavy atom. The van der Waals surface area contributed by atoms with Crippen molar-refractivity contribution in [1.29, 1.82) is 0 Å². The van der Waals surface area contributed by atoms with Gasteiger partial charge >= 0.3 is 5.97 Å². The average molecular weight is 230 g/mol. The molecule has 0 radical (unpaired) electrons. The van der Waals surface area contributed by atoms with Gasteiger partial charge in [-0.05, 0) is 5.92 Å². The number of nitrogens with two attached hydrogens (primary N) is 1. The van der Waals surface area contributed by atoms with Gasteiger partial charge in [0.2, 0.25) is 5.91 Å². The van der Waals surface area contributed by atoms with Crippen molar-refractivity contribution in [1.82, 2.24) is 4.90 Å². The zero-order valence-corrected chi connectivity index (χ0v) is 10.4. The molecule has 0 heterocycles. The fourth-order valence-corrected chi connectivity index (χ4v) is 1.46. The molecule has 0 aromatic carbocycles. The normalized spacial score (nSPS) is 10.3. The first-order valence-corrected chi connectivity index (χ1v) is 5.63. The first kappa shape index (κ1) is 14.9. The standard InChI is InChI=1S/C11H22N2O3/c1-4-9(5-2)7-13(10(14)6-12)8-11(15)16-3/h9H,4-8,12H2,1-3H3. The van der Waals surface area contributed by atoms with Crippen LogP contribution in [0.4, 0.5) is 0 Å². The van der Waals surface area contributed by atoms with E-state index in [1.54, 1.807) is 0 Å². The maximum atomic E-state index is 11.5. The van der Waals surface area contributed by atoms with Gasteiger partial charge in [0, 0.05) is 6.54 Å². The lowest BCUT2D eigenvalue weighted by molar-refractivity contribution is -0.147. The van der Waals surface area contributed by atoms with Gasteiger partial charge in [0.1, 0.15) is 6.54 Å². The minimum Gasteiger partial charge on any atom is -0.468 e. The van der Waals surface area contributed by atoms with Gasteiger partial charge in [-0.3, -0.25) is 9.59 Å². The van der Waals surface area contributed by atoms with Crippen LogP contribution in [0.5, 0.6) is 0 Å². The minimum atomic E-state index is -0.409. The summed E-state index contributed by atoms with van der Waals surface area (Å²) in [5.41, 5.74) is 5.31. The smallest absolute Gasteiger partial charge is 0.325 e. The summed E-state index contributed by atoms with van der Waals surface area (Å²) in [7, 11) is 1.31. The molecule has 16 heavy (non-hydrogen) atoms. The quantitative estimate of drug-likeness (QED) is 0.642. The van der Waals surface area contributed by atoms with Crippen LogP contribution < -0.4 is 5.73 Å². The highest BCUT2D eigenvalue weighted by Gasteiger charge is 2.19. The molecular weight excluding hydrogens is 208 g/mol. The number of carbonyl (C=O) groups excluding carboxylic acids is 2. The third-order valence-corrected chi connectivity index (χ3v) is 2.71. The zero-order chi connectivity index (χ0) is 12.6. The summed E-state index contributed by atoms with van der Waals surface area (Å²) in [6.07, 6.45) is 1.96. The molecule has 0 saturated carbocycles. The van der Waals surface area contributed by atoms with E-state index in [-0.39, 0.29) is 19.0 Å². The Kier molecular flexibility index (Phi) is 7.54. The molecular formula is C11H22N2O3. The van der Waals surface area contributed by atoms with Gasteiger partial charge in [0.15, 0.2) is 0 Å². The summed E-state index contributed by atoms with van der Waals surface area (Å²) in [6.45, 7) is 4.62. The molecule has 0 aliphatic carbocycles. The molecule has 94 valence electrons. The Balaban J connectivity index is 4.42. The van der Waals surface area contributed by atoms with Crippen molar-refractivity contribution in [3.63, 3.8) is 0 Å². The van der Waals surface area contributed by atoms with Gasteiger partial charge in [-0.15, -0.1) is 0 Å². The van der Waals surface area contributed by atoms with Crippen LogP contribution in [0.15, 0.2) is 0 Å². The molecule has 5 nitrogen and oxygen atoms in total. The van der Waals surface area contributed by atoms with Crippen molar-refractivity contribution >= 4 is 11.9 Å². The van der Waals surface area contributed by atoms with Crippen molar-refractivity contribution in [2.45, 2.75) is 26.7 Å². The summed E-state index contributed by atoms with van der Waals surface area (Å²) in [5, 5.41) is 0. The number of ether oxygens (including phenoxy) is 1. The van der Waals surface area contributed by atoms with Crippen LogP contribution in [0.3, 0.4) is 0 Å². The van der Waals surface area contributed by atoms with Crippen LogP contribution >= 0.6 is 0 Å². The SMILES string of the molecule is CCC(CC)CN(CC(=O)OC)C(=O)CN. The van der Waals surface area contributed by atoms with Crippen LogP contribution in [0.1, 0.15) is 26.7 Å². The first-order chi connectivity index (χ1) is 7.58. The van der Waals surface area contributed by atoms with Crippen LogP contribution in [0.25, 0.3) is 0 Å². The average Bonchev–Trinajstić information content (AvgIpc) is 2.32. The van der Waals surface area contributed by atoms with E-state index in [0.717, 1.165) is 12.8 Å². The Bertz CT molecular complexity index is 227. The molecule has 5 heteroatoms. The molecule has 0 aromatic rings. The second-order valence-electron chi connectivity index (χ2n) is 3.74. The molecule has 0 bridgehead atoms. The van der Waals surface area contributed by atoms with Crippen molar-refractivity contribution in [3.8, 4) is 0 Å². The van der Waals surface area contributed by atoms with Crippen LogP contribution in [0.2, 0.25) is 0 Å². The lowest BCUT2D eigenvalue weighted by Gasteiger charge is -2.25. The van der Waals surface area contributed by atoms with Gasteiger partial charge < -0.3 is 15.4 Å². The molecule has 0 aliphatic heterocycles. The Labute approximate surface area is 96.9 Å². The molecule has 0 atom stereocenters. The van der Waals surface area contributed by atoms with Gasteiger partial charge in [-0.1, -0.05) is 26.7 Å². The highest BCUT2D eigenvalue weighted by Crippen LogP contribution is 2.10. The van der Waals surface area contributed by atoms with Gasteiger partial charge in [-0.25, -0.2) is 0 Å². The number of hydrogen-bond donors (Lipinski definition) is 1. The molecule has 0 fully saturated rings. The van der Waals surface area contributed by atoms with Gasteiger partial charge in [-0.2, -0.15) is 0 Å². The summed E-state index contributed by atoms with van der Waals surface area (Å²) in [6, 6.07) is 0. The topological polar surface area (TPSA) is 72.6 Å². The number of esters is 1. The van der Waals surface area contributed by atoms with E-state index in [1.807, 2.05) is 0 Å². The molecule has 2 N–H and O–H groups in total. The maximum Gasteiger partial charge on any atom is 0.325 e. The Hall–Kier alpha value is -1.10. The van der Waals surface area contributed by atoms with E-state index < -0.39 is 5.97 Å². The number of nitrogens with zero attached hydrogens (tertiary/aromatic N) is 1. The summed E-state index contributed by atoms with van der Waals surface area (Å²) < 4.78 is 4.55. The molecule has 0 aliphatic rings. The predicted molar refractivity (Wildman–Crippen MR) is 61.7 cm³/mol. The number of rotatable bonds is 7. The third kappa shape index (κ3) is 5.11. The molecule has 0 saturated heterocycles. The van der Waals surface area contributed by atoms with E-state index in [1.165, 1.54) is 12.0 Å². The largest absolute Gasteiger partial charge is 0.468 e. The van der Waals surface area contributed by atoms with E-state index in [2.05, 4.69) is 18.6 Å². The molecule has 0 spiro atoms. The second kappa shape index (κ2) is 8.10. The number of methoxy groups -OCH3 is 1. The van der Waals surface area contributed by atoms with E-state index >= 15 is 0 Å². The fraction of sp³-hybridized carbons (Fsp3) is 0.818. The van der Waals surface area contributed by atoms with Gasteiger partial charge in [0.25, 0.3) is 0 Å². The molecule has 0 rings (SSSR count). The molecule has 0 aromatic heterocycles. The first-order valence-electron chi connectivity index (χ1n) is 5.63. The Morgan fingerprint density at radius 2 is 1.88 bits per heavy atom. The van der Waals surface area contributed by atoms with Crippen molar-refractivity contribution in [2.75, 3.05) is 26.7 Å². The third-order valence-electron chi connectivity index (χ3n) is 2.71. The molecule has 1 amide bonds. The number of hydrogen-bond acceptors (Lipinski definition) is 4. The highest BCUT2D eigenvalue weighted by atomic mass is 16.5. The monoisotopic (exact) mass is 230 g/mol. The lowest BCUT2D eigenvalue weighted by Crippen LogP contribution is -2.42. The predicted octanol–water partition coefficient (Wildman–Crippen LogP) is 0.383. The lowest BCUT2D eigenvalue weighted by atomic mass is 10.0. The zero-order valence-electron chi connectivity index (χ0n) is 10.4.